The second-order valence-electron chi connectivity index (χ2n) is 5.64. The van der Waals surface area contributed by atoms with Crippen LogP contribution in [-0.4, -0.2) is 26.3 Å². The Morgan fingerprint density at radius 2 is 1.52 bits per heavy atom. The summed E-state index contributed by atoms with van der Waals surface area (Å²) in [6.45, 7) is 6.69. The summed E-state index contributed by atoms with van der Waals surface area (Å²) in [6, 6.07) is 16.2. The zero-order valence-electron chi connectivity index (χ0n) is 14.1. The fourth-order valence-electron chi connectivity index (χ4n) is 2.19. The van der Waals surface area contributed by atoms with Gasteiger partial charge in [0.15, 0.2) is 0 Å². The fourth-order valence-corrected chi connectivity index (χ4v) is 2.19. The first-order valence-corrected chi connectivity index (χ1v) is 8.01. The first kappa shape index (κ1) is 17.2. The standard InChI is InChI=1S/C19H26N2O2/c1-15(2)23-19-10-6-17(7-11-19)21-13-12-20-14-16-4-8-18(22-3)9-5-16/h4-11,15,20-21H,12-14H2,1-3H3. The molecule has 0 unspecified atom stereocenters. The molecule has 0 aliphatic carbocycles. The second kappa shape index (κ2) is 9.06. The van der Waals surface area contributed by atoms with Gasteiger partial charge in [0, 0.05) is 25.3 Å². The smallest absolute Gasteiger partial charge is 0.119 e. The van der Waals surface area contributed by atoms with Gasteiger partial charge in [0.25, 0.3) is 0 Å². The van der Waals surface area contributed by atoms with Crippen LogP contribution in [0.15, 0.2) is 48.5 Å². The van der Waals surface area contributed by atoms with Crippen molar-refractivity contribution in [3.05, 3.63) is 54.1 Å². The number of hydrogen-bond donors (Lipinski definition) is 2. The highest BCUT2D eigenvalue weighted by Gasteiger charge is 1.98. The van der Waals surface area contributed by atoms with E-state index in [-0.39, 0.29) is 6.10 Å². The van der Waals surface area contributed by atoms with Crippen molar-refractivity contribution >= 4 is 5.69 Å². The Morgan fingerprint density at radius 3 is 2.13 bits per heavy atom. The first-order chi connectivity index (χ1) is 11.2. The van der Waals surface area contributed by atoms with Crippen LogP contribution in [0.5, 0.6) is 11.5 Å². The van der Waals surface area contributed by atoms with Crippen LogP contribution in [0.2, 0.25) is 0 Å². The van der Waals surface area contributed by atoms with Crippen LogP contribution in [0.1, 0.15) is 19.4 Å². The highest BCUT2D eigenvalue weighted by molar-refractivity contribution is 5.46. The number of methoxy groups -OCH3 is 1. The number of benzene rings is 2. The Kier molecular flexibility index (Phi) is 6.76. The van der Waals surface area contributed by atoms with E-state index in [1.165, 1.54) is 5.56 Å². The summed E-state index contributed by atoms with van der Waals surface area (Å²) in [4.78, 5) is 0. The Labute approximate surface area is 138 Å². The fraction of sp³-hybridized carbons (Fsp3) is 0.368. The predicted molar refractivity (Wildman–Crippen MR) is 95.4 cm³/mol. The Balaban J connectivity index is 1.64. The van der Waals surface area contributed by atoms with Gasteiger partial charge in [0.1, 0.15) is 11.5 Å². The van der Waals surface area contributed by atoms with E-state index in [0.29, 0.717) is 0 Å². The molecular weight excluding hydrogens is 288 g/mol. The highest BCUT2D eigenvalue weighted by atomic mass is 16.5. The van der Waals surface area contributed by atoms with Crippen molar-refractivity contribution in [2.75, 3.05) is 25.5 Å². The van der Waals surface area contributed by atoms with Crippen LogP contribution in [-0.2, 0) is 6.54 Å². The van der Waals surface area contributed by atoms with Gasteiger partial charge in [0.2, 0.25) is 0 Å². The molecule has 0 saturated heterocycles. The van der Waals surface area contributed by atoms with E-state index in [4.69, 9.17) is 9.47 Å². The van der Waals surface area contributed by atoms with E-state index >= 15 is 0 Å². The van der Waals surface area contributed by atoms with Gasteiger partial charge in [-0.05, 0) is 55.8 Å². The Morgan fingerprint density at radius 1 is 0.870 bits per heavy atom. The van der Waals surface area contributed by atoms with Crippen LogP contribution >= 0.6 is 0 Å². The molecule has 0 aromatic heterocycles. The molecule has 2 aromatic rings. The molecule has 124 valence electrons. The Hall–Kier alpha value is -2.20. The minimum atomic E-state index is 0.205. The molecule has 0 heterocycles. The average Bonchev–Trinajstić information content (AvgIpc) is 2.56. The highest BCUT2D eigenvalue weighted by Crippen LogP contribution is 2.16. The van der Waals surface area contributed by atoms with Gasteiger partial charge in [-0.2, -0.15) is 0 Å². The van der Waals surface area contributed by atoms with Crippen molar-refractivity contribution in [1.82, 2.24) is 5.32 Å². The minimum absolute atomic E-state index is 0.205. The number of anilines is 1. The molecule has 2 N–H and O–H groups in total. The molecule has 4 heteroatoms. The normalized spacial score (nSPS) is 10.6. The van der Waals surface area contributed by atoms with Gasteiger partial charge >= 0.3 is 0 Å². The van der Waals surface area contributed by atoms with E-state index in [9.17, 15) is 0 Å². The topological polar surface area (TPSA) is 42.5 Å². The molecule has 0 atom stereocenters. The van der Waals surface area contributed by atoms with Crippen LogP contribution < -0.4 is 20.1 Å². The summed E-state index contributed by atoms with van der Waals surface area (Å²) in [5.74, 6) is 1.79. The largest absolute Gasteiger partial charge is 0.497 e. The maximum Gasteiger partial charge on any atom is 0.119 e. The van der Waals surface area contributed by atoms with Crippen LogP contribution in [0.4, 0.5) is 5.69 Å². The lowest BCUT2D eigenvalue weighted by Crippen LogP contribution is -2.21. The van der Waals surface area contributed by atoms with Crippen molar-refractivity contribution in [2.24, 2.45) is 0 Å². The third-order valence-electron chi connectivity index (χ3n) is 3.35. The monoisotopic (exact) mass is 314 g/mol. The minimum Gasteiger partial charge on any atom is -0.497 e. The van der Waals surface area contributed by atoms with Gasteiger partial charge in [-0.15, -0.1) is 0 Å². The third kappa shape index (κ3) is 6.20. The summed E-state index contributed by atoms with van der Waals surface area (Å²) < 4.78 is 10.8. The maximum absolute atomic E-state index is 5.63. The summed E-state index contributed by atoms with van der Waals surface area (Å²) >= 11 is 0. The molecule has 2 aromatic carbocycles. The van der Waals surface area contributed by atoms with Gasteiger partial charge in [-0.25, -0.2) is 0 Å². The summed E-state index contributed by atoms with van der Waals surface area (Å²) in [6.07, 6.45) is 0.205. The number of nitrogens with one attached hydrogen (secondary N) is 2. The van der Waals surface area contributed by atoms with Gasteiger partial charge in [-0.1, -0.05) is 12.1 Å². The predicted octanol–water partition coefficient (Wildman–Crippen LogP) is 3.68. The van der Waals surface area contributed by atoms with E-state index in [1.54, 1.807) is 7.11 Å². The van der Waals surface area contributed by atoms with E-state index in [1.807, 2.05) is 50.2 Å². The zero-order chi connectivity index (χ0) is 16.5. The molecule has 0 radical (unpaired) electrons. The van der Waals surface area contributed by atoms with Gasteiger partial charge in [0.05, 0.1) is 13.2 Å². The molecule has 0 fully saturated rings. The van der Waals surface area contributed by atoms with E-state index in [2.05, 4.69) is 22.8 Å². The molecule has 0 aliphatic rings. The molecule has 2 rings (SSSR count). The Bertz CT molecular complexity index is 565. The van der Waals surface area contributed by atoms with Crippen molar-refractivity contribution in [3.63, 3.8) is 0 Å². The molecule has 23 heavy (non-hydrogen) atoms. The lowest BCUT2D eigenvalue weighted by molar-refractivity contribution is 0.242. The van der Waals surface area contributed by atoms with E-state index in [0.717, 1.165) is 36.8 Å². The van der Waals surface area contributed by atoms with Crippen molar-refractivity contribution in [2.45, 2.75) is 26.5 Å². The van der Waals surface area contributed by atoms with E-state index < -0.39 is 0 Å². The molecule has 0 aliphatic heterocycles. The molecule has 0 saturated carbocycles. The van der Waals surface area contributed by atoms with Crippen molar-refractivity contribution in [1.29, 1.82) is 0 Å². The summed E-state index contributed by atoms with van der Waals surface area (Å²) in [5, 5.41) is 6.81. The van der Waals surface area contributed by atoms with Crippen LogP contribution in [0, 0.1) is 0 Å². The van der Waals surface area contributed by atoms with Gasteiger partial charge in [-0.3, -0.25) is 0 Å². The lowest BCUT2D eigenvalue weighted by atomic mass is 10.2. The number of ether oxygens (including phenoxy) is 2. The maximum atomic E-state index is 5.63. The lowest BCUT2D eigenvalue weighted by Gasteiger charge is -2.11. The average molecular weight is 314 g/mol. The number of hydrogen-bond acceptors (Lipinski definition) is 4. The molecule has 0 bridgehead atoms. The zero-order valence-corrected chi connectivity index (χ0v) is 14.1. The SMILES string of the molecule is COc1ccc(CNCCNc2ccc(OC(C)C)cc2)cc1. The third-order valence-corrected chi connectivity index (χ3v) is 3.35. The van der Waals surface area contributed by atoms with Crippen LogP contribution in [0.25, 0.3) is 0 Å². The van der Waals surface area contributed by atoms with Crippen LogP contribution in [0.3, 0.4) is 0 Å². The molecule has 4 nitrogen and oxygen atoms in total. The summed E-state index contributed by atoms with van der Waals surface area (Å²) in [7, 11) is 1.68. The summed E-state index contributed by atoms with van der Waals surface area (Å²) in [5.41, 5.74) is 2.35. The molecule has 0 spiro atoms. The molecule has 0 amide bonds. The van der Waals surface area contributed by atoms with Gasteiger partial charge < -0.3 is 20.1 Å². The number of rotatable bonds is 9. The quantitative estimate of drug-likeness (QED) is 0.693. The van der Waals surface area contributed by atoms with Crippen molar-refractivity contribution in [3.8, 4) is 11.5 Å². The first-order valence-electron chi connectivity index (χ1n) is 8.01. The molecular formula is C19H26N2O2. The van der Waals surface area contributed by atoms with Crippen molar-refractivity contribution < 1.29 is 9.47 Å². The second-order valence-corrected chi connectivity index (χ2v) is 5.64.